The number of benzene rings is 2. The van der Waals surface area contributed by atoms with Crippen molar-refractivity contribution in [3.8, 4) is 28.1 Å². The Hall–Kier alpha value is -2.87. The molecule has 134 valence electrons. The first-order valence-electron chi connectivity index (χ1n) is 7.39. The predicted molar refractivity (Wildman–Crippen MR) is 90.7 cm³/mol. The Morgan fingerprint density at radius 2 is 1.35 bits per heavy atom. The normalized spacial score (nSPS) is 12.0. The first-order valence-corrected chi connectivity index (χ1v) is 8.80. The highest BCUT2D eigenvalue weighted by Crippen LogP contribution is 2.35. The summed E-state index contributed by atoms with van der Waals surface area (Å²) < 4.78 is 65.0. The van der Waals surface area contributed by atoms with Crippen molar-refractivity contribution < 1.29 is 25.8 Å². The molecule has 0 aliphatic heterocycles. The number of hydrogen-bond acceptors (Lipinski definition) is 4. The standard InChI is InChI=1S/C18H12F3NO3S/c19-18(20,21)26(23,24)25-17-16(14-9-5-2-6-10-14)11-15(12-22-17)13-7-3-1-4-8-13/h1-12H. The first kappa shape index (κ1) is 17.9. The predicted octanol–water partition coefficient (Wildman–Crippen LogP) is 4.64. The van der Waals surface area contributed by atoms with Crippen LogP contribution < -0.4 is 4.18 Å². The number of pyridine rings is 1. The van der Waals surface area contributed by atoms with Crippen LogP contribution in [0.15, 0.2) is 72.9 Å². The second-order valence-electron chi connectivity index (χ2n) is 5.29. The van der Waals surface area contributed by atoms with Crippen LogP contribution in [0.1, 0.15) is 0 Å². The van der Waals surface area contributed by atoms with E-state index in [0.29, 0.717) is 11.1 Å². The summed E-state index contributed by atoms with van der Waals surface area (Å²) in [6.45, 7) is 0. The lowest BCUT2D eigenvalue weighted by molar-refractivity contribution is -0.0501. The molecule has 0 N–H and O–H groups in total. The summed E-state index contributed by atoms with van der Waals surface area (Å²) in [5.41, 5.74) is -3.53. The van der Waals surface area contributed by atoms with E-state index in [9.17, 15) is 21.6 Å². The molecule has 0 saturated heterocycles. The lowest BCUT2D eigenvalue weighted by Gasteiger charge is -2.13. The quantitative estimate of drug-likeness (QED) is 0.489. The van der Waals surface area contributed by atoms with Crippen molar-refractivity contribution in [3.05, 3.63) is 72.9 Å². The van der Waals surface area contributed by atoms with Gasteiger partial charge in [0.2, 0.25) is 5.88 Å². The third-order valence-corrected chi connectivity index (χ3v) is 4.46. The van der Waals surface area contributed by atoms with E-state index >= 15 is 0 Å². The Morgan fingerprint density at radius 3 is 1.88 bits per heavy atom. The number of nitrogens with zero attached hydrogens (tertiary/aromatic N) is 1. The van der Waals surface area contributed by atoms with Gasteiger partial charge < -0.3 is 4.18 Å². The van der Waals surface area contributed by atoms with Crippen LogP contribution in [-0.4, -0.2) is 18.9 Å². The van der Waals surface area contributed by atoms with E-state index in [-0.39, 0.29) is 5.56 Å². The van der Waals surface area contributed by atoms with E-state index in [1.165, 1.54) is 6.20 Å². The van der Waals surface area contributed by atoms with Gasteiger partial charge in [0.05, 0.1) is 0 Å². The van der Waals surface area contributed by atoms with Gasteiger partial charge in [0.15, 0.2) is 0 Å². The summed E-state index contributed by atoms with van der Waals surface area (Å²) in [7, 11) is -5.82. The fourth-order valence-electron chi connectivity index (χ4n) is 2.28. The summed E-state index contributed by atoms with van der Waals surface area (Å²) in [6.07, 6.45) is 1.27. The van der Waals surface area contributed by atoms with E-state index in [4.69, 9.17) is 0 Å². The molecule has 3 rings (SSSR count). The van der Waals surface area contributed by atoms with Gasteiger partial charge in [-0.25, -0.2) is 4.98 Å². The lowest BCUT2D eigenvalue weighted by Crippen LogP contribution is -2.28. The number of halogens is 3. The van der Waals surface area contributed by atoms with Crippen molar-refractivity contribution >= 4 is 10.1 Å². The highest BCUT2D eigenvalue weighted by atomic mass is 32.2. The smallest absolute Gasteiger partial charge is 0.355 e. The minimum absolute atomic E-state index is 0.139. The van der Waals surface area contributed by atoms with Crippen molar-refractivity contribution in [1.82, 2.24) is 4.98 Å². The molecule has 0 spiro atoms. The molecule has 2 aromatic carbocycles. The van der Waals surface area contributed by atoms with Crippen molar-refractivity contribution in [2.45, 2.75) is 5.51 Å². The molecule has 0 unspecified atom stereocenters. The summed E-state index contributed by atoms with van der Waals surface area (Å²) >= 11 is 0. The number of hydrogen-bond donors (Lipinski definition) is 0. The van der Waals surface area contributed by atoms with Gasteiger partial charge in [-0.1, -0.05) is 60.7 Å². The van der Waals surface area contributed by atoms with Crippen LogP contribution in [0.4, 0.5) is 13.2 Å². The Balaban J connectivity index is 2.13. The highest BCUT2D eigenvalue weighted by Gasteiger charge is 2.49. The maximum absolute atomic E-state index is 12.7. The summed E-state index contributed by atoms with van der Waals surface area (Å²) in [4.78, 5) is 3.83. The third kappa shape index (κ3) is 3.70. The topological polar surface area (TPSA) is 56.3 Å². The van der Waals surface area contributed by atoms with Crippen LogP contribution in [0.25, 0.3) is 22.3 Å². The van der Waals surface area contributed by atoms with Crippen LogP contribution in [-0.2, 0) is 10.1 Å². The van der Waals surface area contributed by atoms with Crippen molar-refractivity contribution in [1.29, 1.82) is 0 Å². The monoisotopic (exact) mass is 379 g/mol. The molecule has 0 radical (unpaired) electrons. The van der Waals surface area contributed by atoms with Crippen LogP contribution in [0, 0.1) is 0 Å². The second-order valence-corrected chi connectivity index (χ2v) is 6.83. The minimum Gasteiger partial charge on any atom is -0.355 e. The molecule has 3 aromatic rings. The zero-order valence-electron chi connectivity index (χ0n) is 13.1. The second kappa shape index (κ2) is 6.80. The Labute approximate surface area is 148 Å². The first-order chi connectivity index (χ1) is 12.3. The van der Waals surface area contributed by atoms with Crippen molar-refractivity contribution in [2.24, 2.45) is 0 Å². The average Bonchev–Trinajstić information content (AvgIpc) is 2.62. The van der Waals surface area contributed by atoms with Crippen molar-refractivity contribution in [3.63, 3.8) is 0 Å². The SMILES string of the molecule is O=S(=O)(Oc1ncc(-c2ccccc2)cc1-c1ccccc1)C(F)(F)F. The van der Waals surface area contributed by atoms with Gasteiger partial charge >= 0.3 is 15.6 Å². The Kier molecular flexibility index (Phi) is 4.69. The molecule has 0 atom stereocenters. The van der Waals surface area contributed by atoms with Gasteiger partial charge in [-0.3, -0.25) is 0 Å². The molecule has 0 amide bonds. The molecule has 0 bridgehead atoms. The molecule has 0 fully saturated rings. The maximum atomic E-state index is 12.7. The molecular formula is C18H12F3NO3S. The van der Waals surface area contributed by atoms with Gasteiger partial charge in [-0.15, -0.1) is 0 Å². The van der Waals surface area contributed by atoms with Crippen LogP contribution in [0.5, 0.6) is 5.88 Å². The Morgan fingerprint density at radius 1 is 0.808 bits per heavy atom. The fraction of sp³-hybridized carbons (Fsp3) is 0.0556. The van der Waals surface area contributed by atoms with Gasteiger partial charge in [0.25, 0.3) is 0 Å². The number of rotatable bonds is 4. The number of aromatic nitrogens is 1. The minimum atomic E-state index is -5.82. The van der Waals surface area contributed by atoms with Gasteiger partial charge in [0, 0.05) is 17.3 Å². The lowest BCUT2D eigenvalue weighted by atomic mass is 10.0. The largest absolute Gasteiger partial charge is 0.534 e. The molecule has 8 heteroatoms. The van der Waals surface area contributed by atoms with Crippen LogP contribution in [0.3, 0.4) is 0 Å². The Bertz CT molecular complexity index is 1000. The van der Waals surface area contributed by atoms with Gasteiger partial charge in [0.1, 0.15) is 0 Å². The summed E-state index contributed by atoms with van der Waals surface area (Å²) in [5, 5.41) is 0. The van der Waals surface area contributed by atoms with E-state index in [2.05, 4.69) is 9.17 Å². The van der Waals surface area contributed by atoms with Gasteiger partial charge in [-0.2, -0.15) is 21.6 Å². The van der Waals surface area contributed by atoms with E-state index in [1.807, 2.05) is 6.07 Å². The fourth-order valence-corrected chi connectivity index (χ4v) is 2.72. The third-order valence-electron chi connectivity index (χ3n) is 3.52. The molecule has 4 nitrogen and oxygen atoms in total. The molecule has 1 heterocycles. The van der Waals surface area contributed by atoms with Crippen LogP contribution in [0.2, 0.25) is 0 Å². The van der Waals surface area contributed by atoms with E-state index < -0.39 is 21.5 Å². The molecule has 26 heavy (non-hydrogen) atoms. The summed E-state index contributed by atoms with van der Waals surface area (Å²) in [6, 6.07) is 18.9. The van der Waals surface area contributed by atoms with E-state index in [1.54, 1.807) is 60.7 Å². The molecule has 0 aliphatic rings. The maximum Gasteiger partial charge on any atom is 0.534 e. The molecule has 1 aromatic heterocycles. The molecule has 0 aliphatic carbocycles. The van der Waals surface area contributed by atoms with Gasteiger partial charge in [-0.05, 0) is 17.2 Å². The van der Waals surface area contributed by atoms with Crippen LogP contribution >= 0.6 is 0 Å². The summed E-state index contributed by atoms with van der Waals surface area (Å²) in [5.74, 6) is -0.631. The van der Waals surface area contributed by atoms with Crippen molar-refractivity contribution in [2.75, 3.05) is 0 Å². The van der Waals surface area contributed by atoms with E-state index in [0.717, 1.165) is 5.56 Å². The average molecular weight is 379 g/mol. The highest BCUT2D eigenvalue weighted by molar-refractivity contribution is 7.88. The zero-order valence-corrected chi connectivity index (χ0v) is 14.0. The zero-order chi connectivity index (χ0) is 18.8. The molecule has 0 saturated carbocycles. The number of alkyl halides is 3. The molecular weight excluding hydrogens is 367 g/mol.